The Balaban J connectivity index is 1.39. The standard InChI is InChI=1S/C31H33BrN2O6Si/c1-19-29(41(2,3)38)27(13-14-35)40-31(19)23-16-21(32)11-12-24(23)33(30(31)37)17-20-7-6-8-22(15-20)34-25-9-4-5-10-26(25)39-18-28(34)36/h4-12,15-16,19,27,29,35,38H,13-14,17-18H2,1-3H3/t19-,27+,29-,31+/m0/s1. The summed E-state index contributed by atoms with van der Waals surface area (Å²) in [4.78, 5) is 42.1. The fraction of sp³-hybridized carbons (Fsp3) is 0.355. The number of aliphatic hydroxyl groups is 1. The molecule has 0 aromatic heterocycles. The van der Waals surface area contributed by atoms with Crippen LogP contribution in [0.2, 0.25) is 18.6 Å². The van der Waals surface area contributed by atoms with E-state index in [0.717, 1.165) is 21.3 Å². The molecule has 4 atom stereocenters. The third kappa shape index (κ3) is 4.53. The van der Waals surface area contributed by atoms with E-state index in [2.05, 4.69) is 15.9 Å². The Kier molecular flexibility index (Phi) is 7.10. The van der Waals surface area contributed by atoms with Gasteiger partial charge in [0.2, 0.25) is 0 Å². The van der Waals surface area contributed by atoms with E-state index in [9.17, 15) is 19.5 Å². The minimum Gasteiger partial charge on any atom is -0.482 e. The molecule has 8 nitrogen and oxygen atoms in total. The van der Waals surface area contributed by atoms with E-state index < -0.39 is 20.0 Å². The van der Waals surface area contributed by atoms with Crippen LogP contribution in [0.3, 0.4) is 0 Å². The lowest BCUT2D eigenvalue weighted by Crippen LogP contribution is -2.46. The van der Waals surface area contributed by atoms with Crippen molar-refractivity contribution in [2.24, 2.45) is 5.92 Å². The molecule has 3 aliphatic rings. The van der Waals surface area contributed by atoms with Gasteiger partial charge in [0.05, 0.1) is 24.0 Å². The van der Waals surface area contributed by atoms with Crippen LogP contribution < -0.4 is 14.5 Å². The largest absolute Gasteiger partial charge is 0.482 e. The molecular formula is C31H33BrN2O6Si. The number of halogens is 1. The van der Waals surface area contributed by atoms with Gasteiger partial charge in [0, 0.05) is 33.8 Å². The Hall–Kier alpha value is -3.02. The lowest BCUT2D eigenvalue weighted by Gasteiger charge is -2.32. The minimum atomic E-state index is -2.77. The highest BCUT2D eigenvalue weighted by Gasteiger charge is 2.66. The van der Waals surface area contributed by atoms with Crippen molar-refractivity contribution < 1.29 is 29.0 Å². The zero-order valence-electron chi connectivity index (χ0n) is 23.2. The van der Waals surface area contributed by atoms with E-state index in [1.165, 1.54) is 0 Å². The molecule has 0 radical (unpaired) electrons. The van der Waals surface area contributed by atoms with Crippen molar-refractivity contribution in [2.45, 2.75) is 50.2 Å². The summed E-state index contributed by atoms with van der Waals surface area (Å²) in [6.45, 7) is 5.86. The molecule has 41 heavy (non-hydrogen) atoms. The molecule has 3 heterocycles. The first-order valence-corrected chi connectivity index (χ1v) is 17.6. The molecule has 0 aliphatic carbocycles. The maximum absolute atomic E-state index is 14.5. The van der Waals surface area contributed by atoms with Crippen LogP contribution in [-0.2, 0) is 26.5 Å². The van der Waals surface area contributed by atoms with Crippen LogP contribution in [0.5, 0.6) is 5.75 Å². The SMILES string of the molecule is C[C@H]1[C@H]([Si](C)(C)O)[C@@H](CCO)O[C@]12C(=O)N(Cc1cccc(N3C(=O)COc4ccccc43)c1)c1ccc(Br)cc12. The Morgan fingerprint density at radius 3 is 2.59 bits per heavy atom. The molecule has 6 rings (SSSR count). The summed E-state index contributed by atoms with van der Waals surface area (Å²) in [6.07, 6.45) is -0.0882. The summed E-state index contributed by atoms with van der Waals surface area (Å²) >= 11 is 3.58. The van der Waals surface area contributed by atoms with E-state index >= 15 is 0 Å². The predicted molar refractivity (Wildman–Crippen MR) is 162 cm³/mol. The van der Waals surface area contributed by atoms with E-state index in [0.29, 0.717) is 23.5 Å². The number of benzene rings is 3. The Bertz CT molecular complexity index is 1530. The highest BCUT2D eigenvalue weighted by molar-refractivity contribution is 9.10. The fourth-order valence-electron chi connectivity index (χ4n) is 6.97. The van der Waals surface area contributed by atoms with Gasteiger partial charge >= 0.3 is 0 Å². The first-order chi connectivity index (χ1) is 19.6. The summed E-state index contributed by atoms with van der Waals surface area (Å²) < 4.78 is 13.1. The van der Waals surface area contributed by atoms with Gasteiger partial charge in [0.25, 0.3) is 11.8 Å². The number of hydrogen-bond donors (Lipinski definition) is 2. The normalized spacial score (nSPS) is 25.5. The van der Waals surface area contributed by atoms with Gasteiger partial charge in [-0.05, 0) is 67.5 Å². The van der Waals surface area contributed by atoms with Gasteiger partial charge < -0.3 is 24.3 Å². The maximum atomic E-state index is 14.5. The molecule has 1 fully saturated rings. The maximum Gasteiger partial charge on any atom is 0.269 e. The van der Waals surface area contributed by atoms with E-state index in [4.69, 9.17) is 9.47 Å². The first-order valence-electron chi connectivity index (χ1n) is 13.8. The summed E-state index contributed by atoms with van der Waals surface area (Å²) in [5.41, 5.74) is 2.24. The lowest BCUT2D eigenvalue weighted by molar-refractivity contribution is -0.146. The number of nitrogens with zero attached hydrogens (tertiary/aromatic N) is 2. The van der Waals surface area contributed by atoms with Gasteiger partial charge in [0.1, 0.15) is 5.75 Å². The zero-order valence-corrected chi connectivity index (χ0v) is 25.8. The number of carbonyl (C=O) groups is 2. The Morgan fingerprint density at radius 2 is 1.83 bits per heavy atom. The average molecular weight is 638 g/mol. The summed E-state index contributed by atoms with van der Waals surface area (Å²) in [5.74, 6) is -0.00868. The molecule has 0 saturated carbocycles. The van der Waals surface area contributed by atoms with Crippen molar-refractivity contribution in [1.29, 1.82) is 0 Å². The minimum absolute atomic E-state index is 0.0491. The fourth-order valence-corrected chi connectivity index (χ4v) is 9.93. The van der Waals surface area contributed by atoms with Crippen LogP contribution in [0, 0.1) is 5.92 Å². The number of aliphatic hydroxyl groups excluding tert-OH is 1. The molecule has 214 valence electrons. The van der Waals surface area contributed by atoms with Crippen LogP contribution >= 0.6 is 15.9 Å². The number of fused-ring (bicyclic) bond motifs is 3. The third-order valence-corrected chi connectivity index (χ3v) is 11.6. The van der Waals surface area contributed by atoms with Crippen molar-refractivity contribution in [1.82, 2.24) is 0 Å². The number of amides is 2. The number of rotatable bonds is 6. The quantitative estimate of drug-likeness (QED) is 0.359. The van der Waals surface area contributed by atoms with Crippen molar-refractivity contribution in [2.75, 3.05) is 23.0 Å². The van der Waals surface area contributed by atoms with Crippen LogP contribution in [-0.4, -0.2) is 49.4 Å². The first kappa shape index (κ1) is 28.1. The number of ether oxygens (including phenoxy) is 2. The van der Waals surface area contributed by atoms with Crippen molar-refractivity contribution in [3.63, 3.8) is 0 Å². The Labute approximate surface area is 248 Å². The third-order valence-electron chi connectivity index (χ3n) is 8.58. The molecule has 2 amide bonds. The van der Waals surface area contributed by atoms with Crippen LogP contribution in [0.25, 0.3) is 0 Å². The lowest BCUT2D eigenvalue weighted by atomic mass is 9.82. The highest BCUT2D eigenvalue weighted by Crippen LogP contribution is 2.60. The van der Waals surface area contributed by atoms with Crippen LogP contribution in [0.1, 0.15) is 24.5 Å². The second kappa shape index (κ2) is 10.4. The molecule has 0 bridgehead atoms. The molecule has 10 heteroatoms. The Morgan fingerprint density at radius 1 is 1.05 bits per heavy atom. The van der Waals surface area contributed by atoms with Crippen LogP contribution in [0.4, 0.5) is 17.1 Å². The number of carbonyl (C=O) groups excluding carboxylic acids is 2. The smallest absolute Gasteiger partial charge is 0.269 e. The van der Waals surface area contributed by atoms with Gasteiger partial charge in [-0.3, -0.25) is 14.5 Å². The zero-order chi connectivity index (χ0) is 29.1. The van der Waals surface area contributed by atoms with Gasteiger partial charge in [-0.25, -0.2) is 0 Å². The summed E-state index contributed by atoms with van der Waals surface area (Å²) in [7, 11) is -2.77. The molecule has 2 N–H and O–H groups in total. The predicted octanol–water partition coefficient (Wildman–Crippen LogP) is 5.23. The molecule has 3 aliphatic heterocycles. The van der Waals surface area contributed by atoms with Gasteiger partial charge in [-0.2, -0.15) is 0 Å². The van der Waals surface area contributed by atoms with Crippen molar-refractivity contribution >= 4 is 53.1 Å². The number of para-hydroxylation sites is 2. The van der Waals surface area contributed by atoms with Crippen molar-refractivity contribution in [3.8, 4) is 5.75 Å². The van der Waals surface area contributed by atoms with Gasteiger partial charge in [-0.15, -0.1) is 0 Å². The topological polar surface area (TPSA) is 99.5 Å². The molecule has 0 unspecified atom stereocenters. The molecule has 1 spiro atoms. The molecular weight excluding hydrogens is 604 g/mol. The molecule has 3 aromatic rings. The number of anilines is 3. The second-order valence-corrected chi connectivity index (χ2v) is 16.5. The summed E-state index contributed by atoms with van der Waals surface area (Å²) in [6, 6.07) is 20.8. The van der Waals surface area contributed by atoms with Gasteiger partial charge in [-0.1, -0.05) is 47.1 Å². The number of hydrogen-bond acceptors (Lipinski definition) is 6. The van der Waals surface area contributed by atoms with Crippen molar-refractivity contribution in [3.05, 3.63) is 82.3 Å². The highest BCUT2D eigenvalue weighted by atomic mass is 79.9. The van der Waals surface area contributed by atoms with E-state index in [1.54, 1.807) is 9.80 Å². The molecule has 3 aromatic carbocycles. The average Bonchev–Trinajstić information content (AvgIpc) is 3.35. The monoisotopic (exact) mass is 636 g/mol. The summed E-state index contributed by atoms with van der Waals surface area (Å²) in [5, 5.41) is 9.81. The van der Waals surface area contributed by atoms with E-state index in [1.807, 2.05) is 86.7 Å². The molecule has 1 saturated heterocycles. The van der Waals surface area contributed by atoms with E-state index in [-0.39, 0.29) is 43.0 Å². The second-order valence-electron chi connectivity index (χ2n) is 11.6. The van der Waals surface area contributed by atoms with Crippen LogP contribution in [0.15, 0.2) is 71.2 Å². The van der Waals surface area contributed by atoms with Gasteiger partial charge in [0.15, 0.2) is 20.5 Å².